The van der Waals surface area contributed by atoms with Gasteiger partial charge >= 0.3 is 11.9 Å². The van der Waals surface area contributed by atoms with Crippen molar-refractivity contribution in [1.29, 1.82) is 0 Å². The minimum atomic E-state index is -1.66. The Morgan fingerprint density at radius 2 is 1.79 bits per heavy atom. The van der Waals surface area contributed by atoms with Crippen LogP contribution in [0.5, 0.6) is 0 Å². The number of benzene rings is 1. The zero-order valence-corrected chi connectivity index (χ0v) is 10.4. The number of carbonyl (C=O) groups is 2. The number of hydrogen-bond acceptors (Lipinski definition) is 5. The van der Waals surface area contributed by atoms with Crippen molar-refractivity contribution in [2.45, 2.75) is 25.6 Å². The summed E-state index contributed by atoms with van der Waals surface area (Å²) in [5.41, 5.74) is 0.878. The maximum absolute atomic E-state index is 11.3. The van der Waals surface area contributed by atoms with Crippen molar-refractivity contribution in [3.8, 4) is 0 Å². The second-order valence-electron chi connectivity index (χ2n) is 3.95. The number of esters is 1. The molecule has 0 radical (unpaired) electrons. The van der Waals surface area contributed by atoms with Crippen LogP contribution in [0.2, 0.25) is 0 Å². The van der Waals surface area contributed by atoms with Gasteiger partial charge in [0, 0.05) is 0 Å². The molecule has 0 saturated carbocycles. The van der Waals surface area contributed by atoms with Gasteiger partial charge in [-0.1, -0.05) is 24.3 Å². The summed E-state index contributed by atoms with van der Waals surface area (Å²) in [5.74, 6) is -1.86. The third-order valence-electron chi connectivity index (χ3n) is 2.50. The molecule has 19 heavy (non-hydrogen) atoms. The molecule has 0 aliphatic rings. The first-order chi connectivity index (χ1) is 8.95. The average Bonchev–Trinajstić information content (AvgIpc) is 2.37. The molecule has 1 aromatic carbocycles. The molecule has 6 nitrogen and oxygen atoms in total. The van der Waals surface area contributed by atoms with Crippen LogP contribution in [-0.2, 0) is 20.7 Å². The van der Waals surface area contributed by atoms with E-state index in [1.807, 2.05) is 0 Å². The minimum Gasteiger partial charge on any atom is -0.481 e. The Balaban J connectivity index is 2.74. The maximum atomic E-state index is 11.3. The summed E-state index contributed by atoms with van der Waals surface area (Å²) in [7, 11) is 0. The lowest BCUT2D eigenvalue weighted by molar-refractivity contribution is -0.159. The van der Waals surface area contributed by atoms with Gasteiger partial charge in [0.1, 0.15) is 6.10 Å². The average molecular weight is 268 g/mol. The fraction of sp³-hybridized carbons (Fsp3) is 0.385. The van der Waals surface area contributed by atoms with E-state index < -0.39 is 24.1 Å². The molecule has 6 heteroatoms. The molecule has 0 bridgehead atoms. The number of aliphatic hydroxyl groups is 2. The molecule has 0 heterocycles. The van der Waals surface area contributed by atoms with Gasteiger partial charge < -0.3 is 20.1 Å². The summed E-state index contributed by atoms with van der Waals surface area (Å²) in [6.07, 6.45) is -3.19. The van der Waals surface area contributed by atoms with Crippen molar-refractivity contribution in [2.24, 2.45) is 0 Å². The predicted molar refractivity (Wildman–Crippen MR) is 65.4 cm³/mol. The predicted octanol–water partition coefficient (Wildman–Crippen LogP) is 0.271. The second kappa shape index (κ2) is 6.86. The molecule has 104 valence electrons. The molecular weight excluding hydrogens is 252 g/mol. The fourth-order valence-corrected chi connectivity index (χ4v) is 1.55. The van der Waals surface area contributed by atoms with E-state index in [1.54, 1.807) is 6.92 Å². The van der Waals surface area contributed by atoms with Crippen LogP contribution in [0.1, 0.15) is 24.2 Å². The molecule has 0 amide bonds. The summed E-state index contributed by atoms with van der Waals surface area (Å²) < 4.78 is 4.60. The van der Waals surface area contributed by atoms with Gasteiger partial charge in [0.25, 0.3) is 0 Å². The van der Waals surface area contributed by atoms with Crippen LogP contribution >= 0.6 is 0 Å². The number of rotatable bonds is 6. The molecular formula is C13H16O6. The standard InChI is InChI=1S/C13H16O6/c1-2-19-13(18)12(17)11(16)9-5-3-8(4-6-9)7-10(14)15/h3-6,11-12,16-17H,2,7H2,1H3,(H,14,15). The quantitative estimate of drug-likeness (QED) is 0.640. The van der Waals surface area contributed by atoms with Crippen LogP contribution < -0.4 is 0 Å². The van der Waals surface area contributed by atoms with E-state index >= 15 is 0 Å². The minimum absolute atomic E-state index is 0.111. The summed E-state index contributed by atoms with van der Waals surface area (Å²) in [6, 6.07) is 5.96. The molecule has 0 aromatic heterocycles. The summed E-state index contributed by atoms with van der Waals surface area (Å²) in [5, 5.41) is 28.0. The van der Waals surface area contributed by atoms with E-state index in [4.69, 9.17) is 5.11 Å². The van der Waals surface area contributed by atoms with E-state index in [0.717, 1.165) is 0 Å². The van der Waals surface area contributed by atoms with Crippen molar-refractivity contribution >= 4 is 11.9 Å². The molecule has 0 spiro atoms. The second-order valence-corrected chi connectivity index (χ2v) is 3.95. The van der Waals surface area contributed by atoms with Gasteiger partial charge in [-0.05, 0) is 18.1 Å². The highest BCUT2D eigenvalue weighted by atomic mass is 16.5. The third-order valence-corrected chi connectivity index (χ3v) is 2.50. The highest BCUT2D eigenvalue weighted by Gasteiger charge is 2.26. The number of carbonyl (C=O) groups excluding carboxylic acids is 1. The van der Waals surface area contributed by atoms with Crippen molar-refractivity contribution in [2.75, 3.05) is 6.61 Å². The first kappa shape index (κ1) is 15.1. The van der Waals surface area contributed by atoms with E-state index in [9.17, 15) is 19.8 Å². The number of carboxylic acids is 1. The molecule has 2 atom stereocenters. The van der Waals surface area contributed by atoms with Crippen LogP contribution in [0, 0.1) is 0 Å². The van der Waals surface area contributed by atoms with Gasteiger partial charge in [-0.2, -0.15) is 0 Å². The van der Waals surface area contributed by atoms with Gasteiger partial charge in [0.15, 0.2) is 6.10 Å². The largest absolute Gasteiger partial charge is 0.481 e. The Hall–Kier alpha value is -1.92. The van der Waals surface area contributed by atoms with Gasteiger partial charge in [0.2, 0.25) is 0 Å². The SMILES string of the molecule is CCOC(=O)C(O)C(O)c1ccc(CC(=O)O)cc1. The number of carboxylic acid groups (broad SMARTS) is 1. The Morgan fingerprint density at radius 1 is 1.21 bits per heavy atom. The van der Waals surface area contributed by atoms with Crippen LogP contribution in [-0.4, -0.2) is 40.0 Å². The van der Waals surface area contributed by atoms with Crippen molar-refractivity contribution < 1.29 is 29.6 Å². The van der Waals surface area contributed by atoms with Gasteiger partial charge in [-0.3, -0.25) is 4.79 Å². The van der Waals surface area contributed by atoms with E-state index in [2.05, 4.69) is 4.74 Å². The van der Waals surface area contributed by atoms with Crippen LogP contribution in [0.15, 0.2) is 24.3 Å². The number of aliphatic hydroxyl groups excluding tert-OH is 2. The van der Waals surface area contributed by atoms with Gasteiger partial charge in [-0.15, -0.1) is 0 Å². The Morgan fingerprint density at radius 3 is 2.26 bits per heavy atom. The van der Waals surface area contributed by atoms with Crippen LogP contribution in [0.4, 0.5) is 0 Å². The van der Waals surface area contributed by atoms with Gasteiger partial charge in [-0.25, -0.2) is 4.79 Å². The molecule has 1 rings (SSSR count). The molecule has 0 aliphatic heterocycles. The monoisotopic (exact) mass is 268 g/mol. The lowest BCUT2D eigenvalue weighted by Crippen LogP contribution is -2.29. The highest BCUT2D eigenvalue weighted by molar-refractivity contribution is 5.75. The number of aliphatic carboxylic acids is 1. The summed E-state index contributed by atoms with van der Waals surface area (Å²) in [6.45, 7) is 1.71. The lowest BCUT2D eigenvalue weighted by Gasteiger charge is -2.16. The normalized spacial score (nSPS) is 13.6. The van der Waals surface area contributed by atoms with Crippen molar-refractivity contribution in [3.63, 3.8) is 0 Å². The zero-order chi connectivity index (χ0) is 14.4. The fourth-order valence-electron chi connectivity index (χ4n) is 1.55. The van der Waals surface area contributed by atoms with Gasteiger partial charge in [0.05, 0.1) is 13.0 Å². The third kappa shape index (κ3) is 4.35. The smallest absolute Gasteiger partial charge is 0.338 e. The first-order valence-corrected chi connectivity index (χ1v) is 5.79. The maximum Gasteiger partial charge on any atom is 0.338 e. The molecule has 0 saturated heterocycles. The Labute approximate surface area is 110 Å². The Bertz CT molecular complexity index is 439. The lowest BCUT2D eigenvalue weighted by atomic mass is 10.0. The number of hydrogen-bond donors (Lipinski definition) is 3. The van der Waals surface area contributed by atoms with Crippen LogP contribution in [0.3, 0.4) is 0 Å². The van der Waals surface area contributed by atoms with Crippen molar-refractivity contribution in [3.05, 3.63) is 35.4 Å². The molecule has 0 aliphatic carbocycles. The topological polar surface area (TPSA) is 104 Å². The van der Waals surface area contributed by atoms with E-state index in [0.29, 0.717) is 11.1 Å². The molecule has 3 N–H and O–H groups in total. The first-order valence-electron chi connectivity index (χ1n) is 5.79. The zero-order valence-electron chi connectivity index (χ0n) is 10.4. The highest BCUT2D eigenvalue weighted by Crippen LogP contribution is 2.18. The molecule has 0 fully saturated rings. The summed E-state index contributed by atoms with van der Waals surface area (Å²) in [4.78, 5) is 21.8. The van der Waals surface area contributed by atoms with Crippen molar-refractivity contribution in [1.82, 2.24) is 0 Å². The van der Waals surface area contributed by atoms with Crippen LogP contribution in [0.25, 0.3) is 0 Å². The van der Waals surface area contributed by atoms with E-state index in [1.165, 1.54) is 24.3 Å². The number of ether oxygens (including phenoxy) is 1. The molecule has 2 unspecified atom stereocenters. The van der Waals surface area contributed by atoms with E-state index in [-0.39, 0.29) is 13.0 Å². The summed E-state index contributed by atoms with van der Waals surface area (Å²) >= 11 is 0. The Kier molecular flexibility index (Phi) is 5.47. The molecule has 1 aromatic rings.